The highest BCUT2D eigenvalue weighted by molar-refractivity contribution is 6.34. The Kier molecular flexibility index (Phi) is 7.38. The molecule has 1 atom stereocenters. The first-order valence-corrected chi connectivity index (χ1v) is 11.8. The first-order chi connectivity index (χ1) is 16.8. The monoisotopic (exact) mass is 512 g/mol. The molecule has 0 spiro atoms. The third-order valence-corrected chi connectivity index (χ3v) is 6.80. The number of nitro groups is 1. The average Bonchev–Trinajstić information content (AvgIpc) is 3.36. The van der Waals surface area contributed by atoms with Crippen LogP contribution in [0.4, 0.5) is 11.4 Å². The number of hydrogen-bond acceptors (Lipinski definition) is 5. The molecule has 9 heteroatoms. The molecule has 0 heterocycles. The first-order valence-electron chi connectivity index (χ1n) is 11.1. The third kappa shape index (κ3) is 5.31. The van der Waals surface area contributed by atoms with E-state index >= 15 is 0 Å². The number of hydrogen-bond donors (Lipinski definition) is 1. The molecule has 1 aliphatic rings. The van der Waals surface area contributed by atoms with Gasteiger partial charge in [0.05, 0.1) is 21.0 Å². The molecule has 3 aromatic carbocycles. The molecule has 1 amide bonds. The lowest BCUT2D eigenvalue weighted by atomic mass is 9.79. The van der Waals surface area contributed by atoms with Gasteiger partial charge in [-0.3, -0.25) is 19.7 Å². The van der Waals surface area contributed by atoms with Gasteiger partial charge in [0.25, 0.3) is 11.6 Å². The molecule has 1 aliphatic carbocycles. The largest absolute Gasteiger partial charge is 0.447 e. The number of anilines is 1. The highest BCUT2D eigenvalue weighted by atomic mass is 35.5. The smallest absolute Gasteiger partial charge is 0.317 e. The summed E-state index contributed by atoms with van der Waals surface area (Å²) in [6.07, 6.45) is 1.67. The van der Waals surface area contributed by atoms with Crippen molar-refractivity contribution in [3.8, 4) is 0 Å². The average molecular weight is 513 g/mol. The number of nitrogens with one attached hydrogen (secondary N) is 1. The quantitative estimate of drug-likeness (QED) is 0.217. The molecule has 0 aliphatic heterocycles. The molecule has 0 aromatic heterocycles. The van der Waals surface area contributed by atoms with Gasteiger partial charge in [0.1, 0.15) is 0 Å². The van der Waals surface area contributed by atoms with Crippen molar-refractivity contribution in [3.05, 3.63) is 104 Å². The van der Waals surface area contributed by atoms with Gasteiger partial charge < -0.3 is 10.1 Å². The second-order valence-corrected chi connectivity index (χ2v) is 9.25. The van der Waals surface area contributed by atoms with Crippen LogP contribution in [0.15, 0.2) is 72.8 Å². The summed E-state index contributed by atoms with van der Waals surface area (Å²) in [6.45, 7) is 0. The normalized spacial score (nSPS) is 15.3. The lowest BCUT2D eigenvalue weighted by Gasteiger charge is -2.30. The molecular weight excluding hydrogens is 491 g/mol. The van der Waals surface area contributed by atoms with E-state index in [0.717, 1.165) is 24.5 Å². The number of ether oxygens (including phenoxy) is 1. The Morgan fingerprint density at radius 3 is 2.23 bits per heavy atom. The van der Waals surface area contributed by atoms with E-state index in [1.807, 2.05) is 12.1 Å². The van der Waals surface area contributed by atoms with E-state index in [2.05, 4.69) is 5.32 Å². The fraction of sp³-hybridized carbons (Fsp3) is 0.231. The van der Waals surface area contributed by atoms with Crippen LogP contribution >= 0.6 is 23.2 Å². The van der Waals surface area contributed by atoms with E-state index in [0.29, 0.717) is 23.4 Å². The van der Waals surface area contributed by atoms with Gasteiger partial charge in [0.15, 0.2) is 0 Å². The number of non-ortho nitro benzene ring substituents is 1. The van der Waals surface area contributed by atoms with Gasteiger partial charge in [0, 0.05) is 22.7 Å². The summed E-state index contributed by atoms with van der Waals surface area (Å²) in [5, 5.41) is 14.2. The van der Waals surface area contributed by atoms with Crippen molar-refractivity contribution in [2.45, 2.75) is 37.2 Å². The number of carbonyl (C=O) groups excluding carboxylic acids is 2. The van der Waals surface area contributed by atoms with Crippen LogP contribution in [0.1, 0.15) is 42.9 Å². The van der Waals surface area contributed by atoms with Crippen molar-refractivity contribution in [1.29, 1.82) is 0 Å². The second-order valence-electron chi connectivity index (χ2n) is 8.40. The van der Waals surface area contributed by atoms with Crippen LogP contribution < -0.4 is 5.32 Å². The minimum absolute atomic E-state index is 0.000819. The maximum Gasteiger partial charge on any atom is 0.317 e. The summed E-state index contributed by atoms with van der Waals surface area (Å²) in [4.78, 5) is 37.4. The minimum Gasteiger partial charge on any atom is -0.447 e. The van der Waals surface area contributed by atoms with E-state index in [9.17, 15) is 19.7 Å². The van der Waals surface area contributed by atoms with E-state index in [1.54, 1.807) is 42.5 Å². The zero-order valence-corrected chi connectivity index (χ0v) is 20.1. The standard InChI is InChI=1S/C26H22Cl2N2O5/c27-19-10-8-18(9-11-19)26(14-4-5-15-26)25(32)35-23(17-6-2-1-3-7-17)24(31)29-22-13-12-20(30(33)34)16-21(22)28/h1-3,6-13,16,23H,4-5,14-15H2,(H,29,31). The molecule has 3 aromatic rings. The van der Waals surface area contributed by atoms with Gasteiger partial charge in [-0.1, -0.05) is 78.5 Å². The summed E-state index contributed by atoms with van der Waals surface area (Å²) in [7, 11) is 0. The number of nitro benzene ring substituents is 1. The van der Waals surface area contributed by atoms with E-state index in [1.165, 1.54) is 12.1 Å². The SMILES string of the molecule is O=C(Nc1ccc([N+](=O)[O-])cc1Cl)C(OC(=O)C1(c2ccc(Cl)cc2)CCCC1)c1ccccc1. The first kappa shape index (κ1) is 24.7. The van der Waals surface area contributed by atoms with Crippen LogP contribution in [0, 0.1) is 10.1 Å². The van der Waals surface area contributed by atoms with E-state index in [4.69, 9.17) is 27.9 Å². The molecular formula is C26H22Cl2N2O5. The molecule has 4 rings (SSSR count). The van der Waals surface area contributed by atoms with Gasteiger partial charge in [-0.05, 0) is 36.6 Å². The Hall–Kier alpha value is -3.42. The maximum absolute atomic E-state index is 13.6. The minimum atomic E-state index is -1.25. The Morgan fingerprint density at radius 1 is 0.971 bits per heavy atom. The Balaban J connectivity index is 1.63. The summed E-state index contributed by atoms with van der Waals surface area (Å²) >= 11 is 12.2. The van der Waals surface area contributed by atoms with Crippen LogP contribution in [-0.2, 0) is 19.7 Å². The van der Waals surface area contributed by atoms with Crippen LogP contribution in [-0.4, -0.2) is 16.8 Å². The zero-order chi connectivity index (χ0) is 25.0. The van der Waals surface area contributed by atoms with Crippen LogP contribution in [0.2, 0.25) is 10.0 Å². The fourth-order valence-electron chi connectivity index (χ4n) is 4.40. The molecule has 1 saturated carbocycles. The Bertz CT molecular complexity index is 1240. The molecule has 1 unspecified atom stereocenters. The van der Waals surface area contributed by atoms with Crippen molar-refractivity contribution in [2.24, 2.45) is 0 Å². The predicted octanol–water partition coefficient (Wildman–Crippen LogP) is 6.64. The fourth-order valence-corrected chi connectivity index (χ4v) is 4.74. The highest BCUT2D eigenvalue weighted by Gasteiger charge is 2.45. The van der Waals surface area contributed by atoms with Gasteiger partial charge in [-0.15, -0.1) is 0 Å². The zero-order valence-electron chi connectivity index (χ0n) is 18.6. The summed E-state index contributed by atoms with van der Waals surface area (Å²) in [5.41, 5.74) is 0.386. The van der Waals surface area contributed by atoms with Crippen molar-refractivity contribution in [3.63, 3.8) is 0 Å². The highest BCUT2D eigenvalue weighted by Crippen LogP contribution is 2.43. The topological polar surface area (TPSA) is 98.5 Å². The summed E-state index contributed by atoms with van der Waals surface area (Å²) in [6, 6.07) is 19.5. The van der Waals surface area contributed by atoms with E-state index < -0.39 is 28.3 Å². The summed E-state index contributed by atoms with van der Waals surface area (Å²) in [5.74, 6) is -1.11. The predicted molar refractivity (Wildman–Crippen MR) is 134 cm³/mol. The maximum atomic E-state index is 13.6. The Morgan fingerprint density at radius 2 is 1.63 bits per heavy atom. The number of rotatable bonds is 7. The molecule has 0 bridgehead atoms. The number of amides is 1. The van der Waals surface area contributed by atoms with Gasteiger partial charge in [-0.2, -0.15) is 0 Å². The number of halogens is 2. The van der Waals surface area contributed by atoms with Crippen molar-refractivity contribution in [2.75, 3.05) is 5.32 Å². The number of carbonyl (C=O) groups is 2. The van der Waals surface area contributed by atoms with Crippen LogP contribution in [0.25, 0.3) is 0 Å². The second kappa shape index (κ2) is 10.5. The molecule has 35 heavy (non-hydrogen) atoms. The van der Waals surface area contributed by atoms with E-state index in [-0.39, 0.29) is 16.4 Å². The third-order valence-electron chi connectivity index (χ3n) is 6.23. The Labute approximate surface area is 212 Å². The van der Waals surface area contributed by atoms with Gasteiger partial charge in [-0.25, -0.2) is 0 Å². The van der Waals surface area contributed by atoms with Crippen molar-refractivity contribution >= 4 is 46.5 Å². The van der Waals surface area contributed by atoms with Gasteiger partial charge >= 0.3 is 5.97 Å². The van der Waals surface area contributed by atoms with Crippen molar-refractivity contribution < 1.29 is 19.2 Å². The van der Waals surface area contributed by atoms with Crippen molar-refractivity contribution in [1.82, 2.24) is 0 Å². The molecule has 0 radical (unpaired) electrons. The van der Waals surface area contributed by atoms with Crippen LogP contribution in [0.5, 0.6) is 0 Å². The van der Waals surface area contributed by atoms with Crippen LogP contribution in [0.3, 0.4) is 0 Å². The molecule has 1 N–H and O–H groups in total. The number of benzene rings is 3. The lowest BCUT2D eigenvalue weighted by Crippen LogP contribution is -2.38. The number of esters is 1. The molecule has 180 valence electrons. The summed E-state index contributed by atoms with van der Waals surface area (Å²) < 4.78 is 5.91. The van der Waals surface area contributed by atoms with Gasteiger partial charge in [0.2, 0.25) is 6.10 Å². The molecule has 1 fully saturated rings. The molecule has 0 saturated heterocycles. The number of nitrogens with zero attached hydrogens (tertiary/aromatic N) is 1. The molecule has 7 nitrogen and oxygen atoms in total. The lowest BCUT2D eigenvalue weighted by molar-refractivity contribution is -0.384.